The van der Waals surface area contributed by atoms with Gasteiger partial charge in [-0.1, -0.05) is 25.4 Å². The van der Waals surface area contributed by atoms with E-state index in [0.29, 0.717) is 0 Å². The van der Waals surface area contributed by atoms with Gasteiger partial charge in [-0.2, -0.15) is 18.3 Å². The molecular weight excluding hydrogens is 351 g/mol. The van der Waals surface area contributed by atoms with Gasteiger partial charge in [0.2, 0.25) is 0 Å². The van der Waals surface area contributed by atoms with E-state index in [-0.39, 0.29) is 22.1 Å². The molecule has 0 bridgehead atoms. The van der Waals surface area contributed by atoms with Crippen LogP contribution in [0, 0.1) is 5.41 Å². The van der Waals surface area contributed by atoms with Crippen LogP contribution in [-0.4, -0.2) is 20.5 Å². The molecule has 0 saturated carbocycles. The number of rotatable bonds is 5. The van der Waals surface area contributed by atoms with Gasteiger partial charge in [0.05, 0.1) is 9.90 Å². The average molecular weight is 366 g/mol. The van der Waals surface area contributed by atoms with Crippen molar-refractivity contribution in [2.45, 2.75) is 39.4 Å². The first kappa shape index (κ1) is 17.9. The average Bonchev–Trinajstić information content (AvgIpc) is 3.07. The highest BCUT2D eigenvalue weighted by Gasteiger charge is 2.40. The summed E-state index contributed by atoms with van der Waals surface area (Å²) < 4.78 is 40.6. The zero-order chi connectivity index (χ0) is 17.4. The molecule has 0 fully saturated rings. The molecule has 4 nitrogen and oxygen atoms in total. The summed E-state index contributed by atoms with van der Waals surface area (Å²) >= 11 is 6.74. The van der Waals surface area contributed by atoms with Crippen molar-refractivity contribution in [1.82, 2.24) is 14.8 Å². The standard InChI is InChI=1S/C14H15ClF3N3OS/c1-8(21-7-19-6-20-21)11(22)13(2,3)4-9-10(14(16,17)18)5-23-12(9)15/h5-8H,4H2,1-3H3. The lowest BCUT2D eigenvalue weighted by molar-refractivity contribution is -0.139. The first-order chi connectivity index (χ1) is 10.5. The minimum absolute atomic E-state index is 0.0340. The van der Waals surface area contributed by atoms with Gasteiger partial charge in [0.1, 0.15) is 18.7 Å². The molecule has 0 N–H and O–H groups in total. The predicted octanol–water partition coefficient (Wildman–Crippen LogP) is 4.41. The predicted molar refractivity (Wildman–Crippen MR) is 81.6 cm³/mol. The van der Waals surface area contributed by atoms with Gasteiger partial charge in [0.15, 0.2) is 5.78 Å². The fourth-order valence-electron chi connectivity index (χ4n) is 2.39. The Morgan fingerprint density at radius 2 is 2.09 bits per heavy atom. The topological polar surface area (TPSA) is 47.8 Å². The first-order valence-corrected chi connectivity index (χ1v) is 8.01. The third kappa shape index (κ3) is 3.74. The van der Waals surface area contributed by atoms with Crippen molar-refractivity contribution in [1.29, 1.82) is 0 Å². The van der Waals surface area contributed by atoms with E-state index in [0.717, 1.165) is 16.7 Å². The Morgan fingerprint density at radius 1 is 1.43 bits per heavy atom. The minimum Gasteiger partial charge on any atom is -0.297 e. The van der Waals surface area contributed by atoms with Crippen LogP contribution in [0.1, 0.15) is 37.9 Å². The first-order valence-electron chi connectivity index (χ1n) is 6.75. The van der Waals surface area contributed by atoms with E-state index in [1.54, 1.807) is 20.8 Å². The summed E-state index contributed by atoms with van der Waals surface area (Å²) in [7, 11) is 0. The van der Waals surface area contributed by atoms with Gasteiger partial charge in [-0.3, -0.25) is 4.79 Å². The van der Waals surface area contributed by atoms with E-state index in [4.69, 9.17) is 11.6 Å². The van der Waals surface area contributed by atoms with E-state index in [9.17, 15) is 18.0 Å². The van der Waals surface area contributed by atoms with Crippen LogP contribution in [0.4, 0.5) is 13.2 Å². The molecule has 2 aromatic heterocycles. The normalized spacial score (nSPS) is 14.0. The second-order valence-corrected chi connectivity index (χ2v) is 7.36. The second-order valence-electron chi connectivity index (χ2n) is 5.88. The van der Waals surface area contributed by atoms with Crippen molar-refractivity contribution in [3.8, 4) is 0 Å². The van der Waals surface area contributed by atoms with E-state index < -0.39 is 23.2 Å². The molecule has 126 valence electrons. The third-order valence-corrected chi connectivity index (χ3v) is 4.95. The van der Waals surface area contributed by atoms with Crippen LogP contribution in [0.25, 0.3) is 0 Å². The Bertz CT molecular complexity index is 695. The van der Waals surface area contributed by atoms with E-state index in [1.165, 1.54) is 17.3 Å². The molecule has 1 atom stereocenters. The summed E-state index contributed by atoms with van der Waals surface area (Å²) in [6.45, 7) is 4.85. The number of carbonyl (C=O) groups is 1. The summed E-state index contributed by atoms with van der Waals surface area (Å²) in [4.78, 5) is 16.4. The Hall–Kier alpha value is -1.41. The van der Waals surface area contributed by atoms with Gasteiger partial charge >= 0.3 is 6.18 Å². The van der Waals surface area contributed by atoms with Gasteiger partial charge in [0, 0.05) is 10.8 Å². The lowest BCUT2D eigenvalue weighted by Crippen LogP contribution is -2.34. The molecule has 0 aromatic carbocycles. The SMILES string of the molecule is CC(C(=O)C(C)(C)Cc1c(C(F)(F)F)csc1Cl)n1cncn1. The molecule has 23 heavy (non-hydrogen) atoms. The largest absolute Gasteiger partial charge is 0.417 e. The highest BCUT2D eigenvalue weighted by Crippen LogP contribution is 2.42. The fourth-order valence-corrected chi connectivity index (χ4v) is 3.52. The van der Waals surface area contributed by atoms with Crippen molar-refractivity contribution in [2.75, 3.05) is 0 Å². The molecule has 1 unspecified atom stereocenters. The summed E-state index contributed by atoms with van der Waals surface area (Å²) in [6.07, 6.45) is -1.89. The zero-order valence-corrected chi connectivity index (χ0v) is 14.3. The lowest BCUT2D eigenvalue weighted by atomic mass is 9.79. The summed E-state index contributed by atoms with van der Waals surface area (Å²) in [5.74, 6) is -0.238. The Balaban J connectivity index is 2.28. The number of ketones is 1. The number of aromatic nitrogens is 3. The smallest absolute Gasteiger partial charge is 0.297 e. The monoisotopic (exact) mass is 365 g/mol. The number of hydrogen-bond acceptors (Lipinski definition) is 4. The van der Waals surface area contributed by atoms with Gasteiger partial charge in [-0.25, -0.2) is 9.67 Å². The van der Waals surface area contributed by atoms with Gasteiger partial charge in [-0.15, -0.1) is 11.3 Å². The van der Waals surface area contributed by atoms with Gasteiger partial charge in [0.25, 0.3) is 0 Å². The maximum absolute atomic E-state index is 13.1. The minimum atomic E-state index is -4.49. The highest BCUT2D eigenvalue weighted by atomic mass is 35.5. The maximum Gasteiger partial charge on any atom is 0.417 e. The zero-order valence-electron chi connectivity index (χ0n) is 12.7. The number of alkyl halides is 3. The van der Waals surface area contributed by atoms with E-state index >= 15 is 0 Å². The molecule has 0 amide bonds. The van der Waals surface area contributed by atoms with Crippen LogP contribution in [0.15, 0.2) is 18.0 Å². The number of hydrogen-bond donors (Lipinski definition) is 0. The Kier molecular flexibility index (Phi) is 4.86. The lowest BCUT2D eigenvalue weighted by Gasteiger charge is -2.27. The molecule has 2 aromatic rings. The van der Waals surface area contributed by atoms with Crippen molar-refractivity contribution < 1.29 is 18.0 Å². The number of nitrogens with zero attached hydrogens (tertiary/aromatic N) is 3. The van der Waals surface area contributed by atoms with Gasteiger partial charge < -0.3 is 0 Å². The molecule has 9 heteroatoms. The van der Waals surface area contributed by atoms with Crippen LogP contribution < -0.4 is 0 Å². The molecule has 2 heterocycles. The van der Waals surface area contributed by atoms with Gasteiger partial charge in [-0.05, 0) is 18.9 Å². The molecular formula is C14H15ClF3N3OS. The number of Topliss-reactive ketones (excluding diaryl/α,β-unsaturated/α-hetero) is 1. The fraction of sp³-hybridized carbons (Fsp3) is 0.500. The number of thiophene rings is 1. The Labute approximate surface area is 140 Å². The van der Waals surface area contributed by atoms with Crippen LogP contribution in [0.3, 0.4) is 0 Å². The summed E-state index contributed by atoms with van der Waals surface area (Å²) in [6, 6.07) is -0.626. The van der Waals surface area contributed by atoms with Crippen molar-refractivity contribution in [3.05, 3.63) is 33.5 Å². The van der Waals surface area contributed by atoms with Crippen molar-refractivity contribution in [3.63, 3.8) is 0 Å². The van der Waals surface area contributed by atoms with Crippen LogP contribution >= 0.6 is 22.9 Å². The summed E-state index contributed by atoms with van der Waals surface area (Å²) in [5.41, 5.74) is -1.84. The molecule has 2 rings (SSSR count). The molecule has 0 aliphatic carbocycles. The van der Waals surface area contributed by atoms with Crippen LogP contribution in [0.5, 0.6) is 0 Å². The summed E-state index contributed by atoms with van der Waals surface area (Å²) in [5, 5.41) is 4.89. The Morgan fingerprint density at radius 3 is 2.61 bits per heavy atom. The molecule has 0 aliphatic heterocycles. The van der Waals surface area contributed by atoms with Crippen LogP contribution in [0.2, 0.25) is 4.34 Å². The molecule has 0 radical (unpaired) electrons. The van der Waals surface area contributed by atoms with E-state index in [1.807, 2.05) is 0 Å². The highest BCUT2D eigenvalue weighted by molar-refractivity contribution is 7.14. The van der Waals surface area contributed by atoms with Crippen LogP contribution in [-0.2, 0) is 17.4 Å². The maximum atomic E-state index is 13.1. The third-order valence-electron chi connectivity index (χ3n) is 3.65. The van der Waals surface area contributed by atoms with E-state index in [2.05, 4.69) is 10.1 Å². The molecule has 0 saturated heterocycles. The molecule has 0 aliphatic rings. The quantitative estimate of drug-likeness (QED) is 0.788. The molecule has 0 spiro atoms. The second kappa shape index (κ2) is 6.24. The number of carbonyl (C=O) groups excluding carboxylic acids is 1. The van der Waals surface area contributed by atoms with Crippen molar-refractivity contribution >= 4 is 28.7 Å². The van der Waals surface area contributed by atoms with Crippen molar-refractivity contribution in [2.24, 2.45) is 5.41 Å². The number of halogens is 4.